The number of methoxy groups -OCH3 is 1. The van der Waals surface area contributed by atoms with Crippen LogP contribution in [0.2, 0.25) is 0 Å². The molecule has 0 saturated carbocycles. The summed E-state index contributed by atoms with van der Waals surface area (Å²) in [6.07, 6.45) is 1.77. The zero-order chi connectivity index (χ0) is 11.1. The topological polar surface area (TPSA) is 57.9 Å². The predicted octanol–water partition coefficient (Wildman–Crippen LogP) is 2.02. The van der Waals surface area contributed by atoms with Gasteiger partial charge in [0.05, 0.1) is 12.6 Å². The lowest BCUT2D eigenvalue weighted by Crippen LogP contribution is -2.05. The van der Waals surface area contributed by atoms with Crippen molar-refractivity contribution in [1.82, 2.24) is 9.97 Å². The second kappa shape index (κ2) is 3.13. The molecule has 0 fully saturated rings. The van der Waals surface area contributed by atoms with E-state index in [2.05, 4.69) is 9.97 Å². The molecule has 1 aromatic carbocycles. The van der Waals surface area contributed by atoms with Crippen LogP contribution in [0.25, 0.3) is 21.8 Å². The van der Waals surface area contributed by atoms with Gasteiger partial charge in [-0.1, -0.05) is 0 Å². The molecule has 2 aromatic heterocycles. The normalized spacial score (nSPS) is 11.1. The number of hydrogen-bond donors (Lipinski definition) is 2. The van der Waals surface area contributed by atoms with Gasteiger partial charge in [-0.05, 0) is 18.2 Å². The molecule has 2 heterocycles. The maximum Gasteiger partial charge on any atom is 0.272 e. The first kappa shape index (κ1) is 9.03. The van der Waals surface area contributed by atoms with E-state index in [1.165, 1.54) is 0 Å². The van der Waals surface area contributed by atoms with E-state index in [0.717, 1.165) is 22.0 Å². The molecule has 4 heteroatoms. The number of aromatic nitrogens is 2. The summed E-state index contributed by atoms with van der Waals surface area (Å²) in [4.78, 5) is 17.5. The molecule has 0 aliphatic heterocycles. The van der Waals surface area contributed by atoms with Crippen molar-refractivity contribution in [2.75, 3.05) is 7.11 Å². The summed E-state index contributed by atoms with van der Waals surface area (Å²) in [5.74, 6) is 0.734. The van der Waals surface area contributed by atoms with E-state index in [-0.39, 0.29) is 5.56 Å². The van der Waals surface area contributed by atoms with Crippen LogP contribution >= 0.6 is 0 Å². The minimum absolute atomic E-state index is 0.110. The van der Waals surface area contributed by atoms with E-state index in [1.807, 2.05) is 24.3 Å². The van der Waals surface area contributed by atoms with Gasteiger partial charge in [-0.15, -0.1) is 0 Å². The highest BCUT2D eigenvalue weighted by Crippen LogP contribution is 2.23. The highest BCUT2D eigenvalue weighted by atomic mass is 16.5. The summed E-state index contributed by atoms with van der Waals surface area (Å²) in [6.45, 7) is 0. The number of ether oxygens (including phenoxy) is 1. The monoisotopic (exact) mass is 214 g/mol. The van der Waals surface area contributed by atoms with Gasteiger partial charge in [0.25, 0.3) is 5.56 Å². The highest BCUT2D eigenvalue weighted by Gasteiger charge is 2.06. The van der Waals surface area contributed by atoms with Crippen LogP contribution in [0.15, 0.2) is 35.3 Å². The lowest BCUT2D eigenvalue weighted by Gasteiger charge is -2.03. The molecule has 2 N–H and O–H groups in total. The number of pyridine rings is 1. The Morgan fingerprint density at radius 1 is 1.19 bits per heavy atom. The Hall–Kier alpha value is -2.23. The van der Waals surface area contributed by atoms with Crippen molar-refractivity contribution in [1.29, 1.82) is 0 Å². The number of nitrogens with one attached hydrogen (secondary N) is 2. The van der Waals surface area contributed by atoms with Gasteiger partial charge in [0, 0.05) is 23.0 Å². The largest absolute Gasteiger partial charge is 0.497 e. The number of aromatic amines is 2. The third kappa shape index (κ3) is 1.13. The molecule has 0 aliphatic carbocycles. The van der Waals surface area contributed by atoms with Crippen LogP contribution in [-0.2, 0) is 0 Å². The van der Waals surface area contributed by atoms with Crippen LogP contribution in [0.4, 0.5) is 0 Å². The standard InChI is InChI=1S/C12H10N2O2/c1-16-7-2-3-8-9-4-5-13-11(9)12(15)14-10(8)6-7/h2-6,13H,1H3,(H,14,15). The third-order valence-electron chi connectivity index (χ3n) is 2.74. The van der Waals surface area contributed by atoms with Crippen LogP contribution in [0.1, 0.15) is 0 Å². The lowest BCUT2D eigenvalue weighted by molar-refractivity contribution is 0.415. The average Bonchev–Trinajstić information content (AvgIpc) is 2.78. The van der Waals surface area contributed by atoms with Gasteiger partial charge < -0.3 is 14.7 Å². The second-order valence-corrected chi connectivity index (χ2v) is 3.63. The van der Waals surface area contributed by atoms with Gasteiger partial charge in [0.1, 0.15) is 11.3 Å². The molecule has 0 radical (unpaired) electrons. The van der Waals surface area contributed by atoms with E-state index < -0.39 is 0 Å². The van der Waals surface area contributed by atoms with Crippen molar-refractivity contribution >= 4 is 21.8 Å². The van der Waals surface area contributed by atoms with Crippen LogP contribution < -0.4 is 10.3 Å². The summed E-state index contributed by atoms with van der Waals surface area (Å²) in [6, 6.07) is 7.55. The van der Waals surface area contributed by atoms with Crippen LogP contribution in [0.5, 0.6) is 5.75 Å². The Kier molecular flexibility index (Phi) is 1.77. The quantitative estimate of drug-likeness (QED) is 0.651. The Morgan fingerprint density at radius 2 is 2.06 bits per heavy atom. The molecule has 0 bridgehead atoms. The zero-order valence-electron chi connectivity index (χ0n) is 8.70. The summed E-state index contributed by atoms with van der Waals surface area (Å²) >= 11 is 0. The molecule has 16 heavy (non-hydrogen) atoms. The fourth-order valence-electron chi connectivity index (χ4n) is 1.96. The van der Waals surface area contributed by atoms with Gasteiger partial charge in [-0.2, -0.15) is 0 Å². The van der Waals surface area contributed by atoms with Crippen LogP contribution in [0, 0.1) is 0 Å². The Morgan fingerprint density at radius 3 is 2.88 bits per heavy atom. The van der Waals surface area contributed by atoms with Crippen molar-refractivity contribution in [2.24, 2.45) is 0 Å². The first-order valence-electron chi connectivity index (χ1n) is 4.97. The van der Waals surface area contributed by atoms with Crippen molar-refractivity contribution in [2.45, 2.75) is 0 Å². The second-order valence-electron chi connectivity index (χ2n) is 3.63. The van der Waals surface area contributed by atoms with Gasteiger partial charge in [-0.25, -0.2) is 0 Å². The maximum absolute atomic E-state index is 11.7. The Labute approximate surface area is 90.9 Å². The molecular weight excluding hydrogens is 204 g/mol. The molecule has 80 valence electrons. The molecule has 0 unspecified atom stereocenters. The Balaban J connectivity index is 2.53. The van der Waals surface area contributed by atoms with Crippen molar-refractivity contribution in [3.63, 3.8) is 0 Å². The van der Waals surface area contributed by atoms with E-state index >= 15 is 0 Å². The first-order valence-corrected chi connectivity index (χ1v) is 4.97. The molecule has 0 spiro atoms. The molecular formula is C12H10N2O2. The number of rotatable bonds is 1. The maximum atomic E-state index is 11.7. The third-order valence-corrected chi connectivity index (χ3v) is 2.74. The first-order chi connectivity index (χ1) is 7.79. The van der Waals surface area contributed by atoms with E-state index in [0.29, 0.717) is 5.52 Å². The van der Waals surface area contributed by atoms with Crippen LogP contribution in [0.3, 0.4) is 0 Å². The molecule has 3 rings (SSSR count). The fraction of sp³-hybridized carbons (Fsp3) is 0.0833. The molecule has 3 aromatic rings. The smallest absolute Gasteiger partial charge is 0.272 e. The lowest BCUT2D eigenvalue weighted by atomic mass is 10.1. The average molecular weight is 214 g/mol. The van der Waals surface area contributed by atoms with Gasteiger partial charge in [-0.3, -0.25) is 4.79 Å². The summed E-state index contributed by atoms with van der Waals surface area (Å²) < 4.78 is 5.13. The predicted molar refractivity (Wildman–Crippen MR) is 63.0 cm³/mol. The minimum atomic E-state index is -0.110. The molecule has 4 nitrogen and oxygen atoms in total. The summed E-state index contributed by atoms with van der Waals surface area (Å²) in [5, 5.41) is 1.94. The Bertz CT molecular complexity index is 725. The number of benzene rings is 1. The number of hydrogen-bond acceptors (Lipinski definition) is 2. The highest BCUT2D eigenvalue weighted by molar-refractivity contribution is 6.04. The van der Waals surface area contributed by atoms with Crippen molar-refractivity contribution in [3.05, 3.63) is 40.8 Å². The molecule has 0 saturated heterocycles. The van der Waals surface area contributed by atoms with E-state index in [4.69, 9.17) is 4.74 Å². The SMILES string of the molecule is COc1ccc2c(c1)[nH]c(=O)c1[nH]ccc12. The number of fused-ring (bicyclic) bond motifs is 3. The number of H-pyrrole nitrogens is 2. The molecule has 0 aliphatic rings. The van der Waals surface area contributed by atoms with Crippen LogP contribution in [-0.4, -0.2) is 17.1 Å². The zero-order valence-corrected chi connectivity index (χ0v) is 8.70. The fourth-order valence-corrected chi connectivity index (χ4v) is 1.96. The van der Waals surface area contributed by atoms with Gasteiger partial charge in [0.2, 0.25) is 0 Å². The summed E-state index contributed by atoms with van der Waals surface area (Å²) in [5.41, 5.74) is 1.29. The van der Waals surface area contributed by atoms with Crippen molar-refractivity contribution < 1.29 is 4.74 Å². The van der Waals surface area contributed by atoms with Gasteiger partial charge in [0.15, 0.2) is 0 Å². The summed E-state index contributed by atoms with van der Waals surface area (Å²) in [7, 11) is 1.61. The minimum Gasteiger partial charge on any atom is -0.497 e. The molecule has 0 amide bonds. The van der Waals surface area contributed by atoms with E-state index in [1.54, 1.807) is 13.3 Å². The van der Waals surface area contributed by atoms with E-state index in [9.17, 15) is 4.79 Å². The molecule has 0 atom stereocenters. The van der Waals surface area contributed by atoms with Crippen molar-refractivity contribution in [3.8, 4) is 5.75 Å². The van der Waals surface area contributed by atoms with Gasteiger partial charge >= 0.3 is 0 Å².